The van der Waals surface area contributed by atoms with E-state index in [9.17, 15) is 13.2 Å². The van der Waals surface area contributed by atoms with Crippen LogP contribution in [0.2, 0.25) is 5.02 Å². The van der Waals surface area contributed by atoms with Crippen molar-refractivity contribution in [3.63, 3.8) is 0 Å². The zero-order valence-electron chi connectivity index (χ0n) is 14.3. The second kappa shape index (κ2) is 9.71. The van der Waals surface area contributed by atoms with E-state index in [2.05, 4.69) is 4.72 Å². The monoisotopic (exact) mass is 395 g/mol. The van der Waals surface area contributed by atoms with Crippen molar-refractivity contribution in [2.45, 2.75) is 43.0 Å². The minimum Gasteiger partial charge on any atom is -0.481 e. The first-order valence-corrected chi connectivity index (χ1v) is 10.3. The Morgan fingerprint density at radius 1 is 1.00 bits per heavy atom. The van der Waals surface area contributed by atoms with Gasteiger partial charge in [0.25, 0.3) is 0 Å². The number of aliphatic carboxylic acids is 1. The van der Waals surface area contributed by atoms with E-state index >= 15 is 0 Å². The van der Waals surface area contributed by atoms with Crippen LogP contribution in [0.4, 0.5) is 0 Å². The van der Waals surface area contributed by atoms with Gasteiger partial charge < -0.3 is 5.11 Å². The highest BCUT2D eigenvalue weighted by Gasteiger charge is 2.23. The first-order chi connectivity index (χ1) is 12.4. The molecule has 0 aliphatic rings. The van der Waals surface area contributed by atoms with Gasteiger partial charge in [-0.25, -0.2) is 13.1 Å². The average molecular weight is 396 g/mol. The van der Waals surface area contributed by atoms with E-state index in [0.29, 0.717) is 12.8 Å². The van der Waals surface area contributed by atoms with Gasteiger partial charge in [-0.2, -0.15) is 0 Å². The maximum Gasteiger partial charge on any atom is 0.303 e. The standard InChI is InChI=1S/C19H22ClNO4S/c20-16-11-7-8-13-18(16)26(24,25)21-17(15-9-3-1-4-10-15)12-5-2-6-14-19(22)23/h1,3-4,7-11,13,17,21H,2,5-6,12,14H2,(H,22,23). The van der Waals surface area contributed by atoms with Crippen LogP contribution in [0, 0.1) is 0 Å². The molecular weight excluding hydrogens is 374 g/mol. The number of nitrogens with one attached hydrogen (secondary N) is 1. The topological polar surface area (TPSA) is 83.5 Å². The number of carboxylic acids is 1. The van der Waals surface area contributed by atoms with Gasteiger partial charge in [-0.15, -0.1) is 0 Å². The number of carbonyl (C=O) groups is 1. The molecule has 2 aromatic rings. The van der Waals surface area contributed by atoms with Crippen LogP contribution in [0.1, 0.15) is 43.7 Å². The van der Waals surface area contributed by atoms with Crippen molar-refractivity contribution in [3.05, 3.63) is 65.2 Å². The first-order valence-electron chi connectivity index (χ1n) is 8.44. The molecule has 0 aliphatic carbocycles. The molecule has 0 radical (unpaired) electrons. The molecule has 26 heavy (non-hydrogen) atoms. The molecule has 7 heteroatoms. The number of sulfonamides is 1. The summed E-state index contributed by atoms with van der Waals surface area (Å²) in [5.74, 6) is -0.816. The third kappa shape index (κ3) is 6.12. The largest absolute Gasteiger partial charge is 0.481 e. The van der Waals surface area contributed by atoms with E-state index in [1.54, 1.807) is 18.2 Å². The van der Waals surface area contributed by atoms with Crippen molar-refractivity contribution in [1.82, 2.24) is 4.72 Å². The van der Waals surface area contributed by atoms with Crippen LogP contribution in [0.15, 0.2) is 59.5 Å². The van der Waals surface area contributed by atoms with Gasteiger partial charge in [-0.1, -0.05) is 66.9 Å². The van der Waals surface area contributed by atoms with Crippen molar-refractivity contribution in [2.75, 3.05) is 0 Å². The van der Waals surface area contributed by atoms with E-state index in [0.717, 1.165) is 18.4 Å². The summed E-state index contributed by atoms with van der Waals surface area (Å²) in [7, 11) is -3.77. The molecule has 0 amide bonds. The Balaban J connectivity index is 2.11. The fraction of sp³-hybridized carbons (Fsp3) is 0.316. The third-order valence-corrected chi connectivity index (χ3v) is 5.98. The second-order valence-electron chi connectivity index (χ2n) is 6.01. The van der Waals surface area contributed by atoms with Crippen LogP contribution >= 0.6 is 11.6 Å². The molecule has 1 atom stereocenters. The Hall–Kier alpha value is -1.89. The lowest BCUT2D eigenvalue weighted by Gasteiger charge is -2.20. The van der Waals surface area contributed by atoms with Crippen LogP contribution in [0.5, 0.6) is 0 Å². The van der Waals surface area contributed by atoms with E-state index in [-0.39, 0.29) is 16.3 Å². The second-order valence-corrected chi connectivity index (χ2v) is 8.10. The predicted octanol–water partition coefficient (Wildman–Crippen LogP) is 4.39. The molecule has 0 bridgehead atoms. The fourth-order valence-electron chi connectivity index (χ4n) is 2.69. The summed E-state index contributed by atoms with van der Waals surface area (Å²) in [5.41, 5.74) is 0.862. The van der Waals surface area contributed by atoms with Crippen LogP contribution < -0.4 is 4.72 Å². The Morgan fingerprint density at radius 3 is 2.31 bits per heavy atom. The Morgan fingerprint density at radius 2 is 1.65 bits per heavy atom. The maximum atomic E-state index is 12.7. The first kappa shape index (κ1) is 20.4. The van der Waals surface area contributed by atoms with Gasteiger partial charge >= 0.3 is 5.97 Å². The highest BCUT2D eigenvalue weighted by Crippen LogP contribution is 2.26. The van der Waals surface area contributed by atoms with Crippen molar-refractivity contribution >= 4 is 27.6 Å². The van der Waals surface area contributed by atoms with Gasteiger partial charge in [0.1, 0.15) is 4.90 Å². The average Bonchev–Trinajstić information content (AvgIpc) is 2.61. The highest BCUT2D eigenvalue weighted by molar-refractivity contribution is 7.89. The predicted molar refractivity (Wildman–Crippen MR) is 102 cm³/mol. The SMILES string of the molecule is O=C(O)CCCCCC(NS(=O)(=O)c1ccccc1Cl)c1ccccc1. The zero-order valence-corrected chi connectivity index (χ0v) is 15.8. The van der Waals surface area contributed by atoms with E-state index in [1.807, 2.05) is 30.3 Å². The number of hydrogen-bond donors (Lipinski definition) is 2. The zero-order chi connectivity index (χ0) is 19.0. The van der Waals surface area contributed by atoms with Crippen LogP contribution in [0.3, 0.4) is 0 Å². The molecular formula is C19H22ClNO4S. The Bertz CT molecular complexity index is 824. The molecule has 0 aliphatic heterocycles. The van der Waals surface area contributed by atoms with Gasteiger partial charge in [-0.3, -0.25) is 4.79 Å². The Labute approximate surface area is 159 Å². The summed E-state index contributed by atoms with van der Waals surface area (Å²) in [5, 5.41) is 8.88. The number of benzene rings is 2. The van der Waals surface area contributed by atoms with Gasteiger partial charge in [0.05, 0.1) is 5.02 Å². The molecule has 2 N–H and O–H groups in total. The number of carboxylic acid groups (broad SMARTS) is 1. The quantitative estimate of drug-likeness (QED) is 0.584. The molecule has 0 aromatic heterocycles. The molecule has 0 heterocycles. The fourth-order valence-corrected chi connectivity index (χ4v) is 4.47. The van der Waals surface area contributed by atoms with Crippen LogP contribution in [-0.4, -0.2) is 19.5 Å². The molecule has 2 rings (SSSR count). The van der Waals surface area contributed by atoms with Crippen molar-refractivity contribution in [3.8, 4) is 0 Å². The molecule has 2 aromatic carbocycles. The third-order valence-electron chi connectivity index (χ3n) is 4.01. The molecule has 140 valence electrons. The minimum atomic E-state index is -3.77. The van der Waals surface area contributed by atoms with Crippen molar-refractivity contribution in [2.24, 2.45) is 0 Å². The summed E-state index contributed by atoms with van der Waals surface area (Å²) in [4.78, 5) is 10.6. The van der Waals surface area contributed by atoms with E-state index < -0.39 is 22.0 Å². The number of rotatable bonds is 10. The lowest BCUT2D eigenvalue weighted by Crippen LogP contribution is -2.29. The highest BCUT2D eigenvalue weighted by atomic mass is 35.5. The summed E-state index contributed by atoms with van der Waals surface area (Å²) in [6.07, 6.45) is 2.73. The summed E-state index contributed by atoms with van der Waals surface area (Å²) >= 11 is 6.04. The summed E-state index contributed by atoms with van der Waals surface area (Å²) in [6.45, 7) is 0. The molecule has 0 saturated carbocycles. The normalized spacial score (nSPS) is 12.7. The molecule has 0 fully saturated rings. The number of unbranched alkanes of at least 4 members (excludes halogenated alkanes) is 2. The lowest BCUT2D eigenvalue weighted by atomic mass is 10.0. The van der Waals surface area contributed by atoms with Crippen molar-refractivity contribution in [1.29, 1.82) is 0 Å². The van der Waals surface area contributed by atoms with Gasteiger partial charge in [0.2, 0.25) is 10.0 Å². The molecule has 5 nitrogen and oxygen atoms in total. The van der Waals surface area contributed by atoms with Crippen molar-refractivity contribution < 1.29 is 18.3 Å². The minimum absolute atomic E-state index is 0.0495. The van der Waals surface area contributed by atoms with Gasteiger partial charge in [0, 0.05) is 12.5 Å². The molecule has 1 unspecified atom stereocenters. The summed E-state index contributed by atoms with van der Waals surface area (Å²) in [6, 6.07) is 15.3. The van der Waals surface area contributed by atoms with Gasteiger partial charge in [-0.05, 0) is 30.5 Å². The Kier molecular flexibility index (Phi) is 7.63. The van der Waals surface area contributed by atoms with Gasteiger partial charge in [0.15, 0.2) is 0 Å². The summed E-state index contributed by atoms with van der Waals surface area (Å²) < 4.78 is 28.2. The van der Waals surface area contributed by atoms with Crippen LogP contribution in [0.25, 0.3) is 0 Å². The molecule has 0 saturated heterocycles. The van der Waals surface area contributed by atoms with E-state index in [1.165, 1.54) is 6.07 Å². The molecule has 0 spiro atoms. The number of halogens is 1. The van der Waals surface area contributed by atoms with Crippen LogP contribution in [-0.2, 0) is 14.8 Å². The van der Waals surface area contributed by atoms with E-state index in [4.69, 9.17) is 16.7 Å². The number of hydrogen-bond acceptors (Lipinski definition) is 3. The lowest BCUT2D eigenvalue weighted by molar-refractivity contribution is -0.137. The maximum absolute atomic E-state index is 12.7. The smallest absolute Gasteiger partial charge is 0.303 e.